The van der Waals surface area contributed by atoms with E-state index in [2.05, 4.69) is 10.3 Å². The van der Waals surface area contributed by atoms with Crippen molar-refractivity contribution in [3.8, 4) is 0 Å². The van der Waals surface area contributed by atoms with E-state index in [1.807, 2.05) is 47.9 Å². The first-order valence-corrected chi connectivity index (χ1v) is 12.3. The van der Waals surface area contributed by atoms with Gasteiger partial charge in [0.1, 0.15) is 5.82 Å². The first-order valence-electron chi connectivity index (χ1n) is 11.3. The van der Waals surface area contributed by atoms with Crippen molar-refractivity contribution in [2.24, 2.45) is 0 Å². The third kappa shape index (κ3) is 6.01. The van der Waals surface area contributed by atoms with Crippen LogP contribution in [0.5, 0.6) is 0 Å². The second-order valence-corrected chi connectivity index (χ2v) is 8.67. The summed E-state index contributed by atoms with van der Waals surface area (Å²) in [5.74, 6) is 0.343. The summed E-state index contributed by atoms with van der Waals surface area (Å²) in [7, 11) is 0. The van der Waals surface area contributed by atoms with E-state index in [-0.39, 0.29) is 11.7 Å². The minimum atomic E-state index is -0.240. The highest BCUT2D eigenvalue weighted by Crippen LogP contribution is 2.28. The normalized spacial score (nSPS) is 11.1. The van der Waals surface area contributed by atoms with Crippen LogP contribution in [-0.2, 0) is 17.0 Å². The summed E-state index contributed by atoms with van der Waals surface area (Å²) in [6.45, 7) is 4.24. The monoisotopic (exact) mass is 478 g/mol. The summed E-state index contributed by atoms with van der Waals surface area (Å²) < 4.78 is 21.6. The average molecular weight is 479 g/mol. The van der Waals surface area contributed by atoms with Gasteiger partial charge in [-0.2, -0.15) is 0 Å². The van der Waals surface area contributed by atoms with Crippen molar-refractivity contribution in [3.05, 3.63) is 89.5 Å². The van der Waals surface area contributed by atoms with E-state index < -0.39 is 0 Å². The number of nitrogens with one attached hydrogen (secondary N) is 1. The number of hydrogen-bond acceptors (Lipinski definition) is 5. The molecule has 176 valence electrons. The zero-order chi connectivity index (χ0) is 23.8. The molecular weight excluding hydrogens is 451 g/mol. The molecule has 0 aliphatic heterocycles. The van der Waals surface area contributed by atoms with Crippen molar-refractivity contribution in [3.63, 3.8) is 0 Å². The number of rotatable bonds is 11. The van der Waals surface area contributed by atoms with Gasteiger partial charge in [0.25, 0.3) is 5.91 Å². The molecule has 0 unspecified atom stereocenters. The Morgan fingerprint density at radius 1 is 1.15 bits per heavy atom. The van der Waals surface area contributed by atoms with Crippen LogP contribution in [-0.4, -0.2) is 40.2 Å². The fourth-order valence-electron chi connectivity index (χ4n) is 3.53. The van der Waals surface area contributed by atoms with Crippen LogP contribution >= 0.6 is 11.8 Å². The smallest absolute Gasteiger partial charge is 0.251 e. The first kappa shape index (κ1) is 23.9. The molecule has 0 radical (unpaired) electrons. The summed E-state index contributed by atoms with van der Waals surface area (Å²) in [5, 5.41) is 3.71. The molecule has 1 amide bonds. The molecule has 6 nitrogen and oxygen atoms in total. The summed E-state index contributed by atoms with van der Waals surface area (Å²) in [6.07, 6.45) is 4.25. The molecule has 0 aliphatic carbocycles. The van der Waals surface area contributed by atoms with E-state index in [4.69, 9.17) is 9.72 Å². The van der Waals surface area contributed by atoms with Crippen LogP contribution < -0.4 is 5.32 Å². The van der Waals surface area contributed by atoms with Crippen molar-refractivity contribution in [1.29, 1.82) is 0 Å². The molecule has 8 heteroatoms. The number of hydrogen-bond donors (Lipinski definition) is 1. The summed E-state index contributed by atoms with van der Waals surface area (Å²) in [4.78, 5) is 21.3. The van der Waals surface area contributed by atoms with Gasteiger partial charge in [-0.1, -0.05) is 42.1 Å². The van der Waals surface area contributed by atoms with Gasteiger partial charge in [-0.3, -0.25) is 9.78 Å². The predicted molar refractivity (Wildman–Crippen MR) is 132 cm³/mol. The van der Waals surface area contributed by atoms with E-state index in [1.54, 1.807) is 36.3 Å². The maximum Gasteiger partial charge on any atom is 0.251 e. The Labute approximate surface area is 202 Å². The van der Waals surface area contributed by atoms with Crippen LogP contribution in [0.3, 0.4) is 0 Å². The van der Waals surface area contributed by atoms with Crippen LogP contribution in [0.25, 0.3) is 11.0 Å². The number of aromatic nitrogens is 3. The number of thioether (sulfide) groups is 1. The van der Waals surface area contributed by atoms with Gasteiger partial charge >= 0.3 is 0 Å². The third-order valence-electron chi connectivity index (χ3n) is 5.34. The lowest BCUT2D eigenvalue weighted by molar-refractivity contribution is 0.0944. The Balaban J connectivity index is 1.42. The van der Waals surface area contributed by atoms with Crippen LogP contribution in [0.1, 0.15) is 34.8 Å². The molecule has 34 heavy (non-hydrogen) atoms. The van der Waals surface area contributed by atoms with Gasteiger partial charge in [-0.25, -0.2) is 9.37 Å². The number of ether oxygens (including phenoxy) is 1. The van der Waals surface area contributed by atoms with Gasteiger partial charge in [-0.05, 0) is 43.2 Å². The Morgan fingerprint density at radius 2 is 1.97 bits per heavy atom. The quantitative estimate of drug-likeness (QED) is 0.241. The fraction of sp³-hybridized carbons (Fsp3) is 0.269. The Hall–Kier alpha value is -3.23. The highest BCUT2D eigenvalue weighted by Gasteiger charge is 2.14. The van der Waals surface area contributed by atoms with Gasteiger partial charge in [-0.15, -0.1) is 0 Å². The lowest BCUT2D eigenvalue weighted by Crippen LogP contribution is -2.25. The fourth-order valence-corrected chi connectivity index (χ4v) is 4.50. The number of halogens is 1. The second kappa shape index (κ2) is 11.8. The van der Waals surface area contributed by atoms with E-state index >= 15 is 0 Å². The Kier molecular flexibility index (Phi) is 8.27. The molecule has 0 spiro atoms. The average Bonchev–Trinajstić information content (AvgIpc) is 3.21. The van der Waals surface area contributed by atoms with Crippen LogP contribution in [0.4, 0.5) is 4.39 Å². The Morgan fingerprint density at radius 3 is 2.76 bits per heavy atom. The molecule has 2 heterocycles. The molecule has 2 aromatic carbocycles. The molecule has 4 rings (SSSR count). The molecule has 0 aliphatic rings. The molecule has 0 fully saturated rings. The molecule has 0 bridgehead atoms. The number of pyridine rings is 1. The highest BCUT2D eigenvalue weighted by molar-refractivity contribution is 7.98. The Bertz CT molecular complexity index is 1240. The number of carbonyl (C=O) groups excluding carboxylic acids is 1. The molecule has 2 aromatic heterocycles. The molecule has 4 aromatic rings. The molecule has 0 saturated heterocycles. The molecule has 0 saturated carbocycles. The topological polar surface area (TPSA) is 69.0 Å². The van der Waals surface area contributed by atoms with E-state index in [1.165, 1.54) is 6.07 Å². The summed E-state index contributed by atoms with van der Waals surface area (Å²) in [6, 6.07) is 16.2. The standard InChI is InChI=1S/C26H27FN4O2S/c1-2-33-15-5-13-29-25(32)20-10-8-19(9-11-20)18-34-26-30-23-12-14-28-16-24(23)31(26)17-21-6-3-4-7-22(21)27/h3-4,6-12,14,16H,2,5,13,15,17-18H2,1H3,(H,29,32). The van der Waals surface area contributed by atoms with Gasteiger partial charge in [0.15, 0.2) is 5.16 Å². The maximum atomic E-state index is 14.3. The number of benzene rings is 2. The first-order chi connectivity index (χ1) is 16.7. The van der Waals surface area contributed by atoms with Gasteiger partial charge < -0.3 is 14.6 Å². The minimum Gasteiger partial charge on any atom is -0.382 e. The summed E-state index contributed by atoms with van der Waals surface area (Å²) in [5.41, 5.74) is 3.99. The van der Waals surface area contributed by atoms with Crippen LogP contribution in [0.2, 0.25) is 0 Å². The number of imidazole rings is 1. The van der Waals surface area contributed by atoms with Gasteiger partial charge in [0, 0.05) is 42.8 Å². The van der Waals surface area contributed by atoms with Crippen molar-refractivity contribution in [1.82, 2.24) is 19.9 Å². The zero-order valence-electron chi connectivity index (χ0n) is 19.0. The lowest BCUT2D eigenvalue weighted by atomic mass is 10.1. The van der Waals surface area contributed by atoms with Gasteiger partial charge in [0.05, 0.1) is 23.8 Å². The zero-order valence-corrected chi connectivity index (χ0v) is 19.9. The van der Waals surface area contributed by atoms with Crippen molar-refractivity contribution < 1.29 is 13.9 Å². The molecular formula is C26H27FN4O2S. The van der Waals surface area contributed by atoms with Crippen molar-refractivity contribution in [2.45, 2.75) is 30.8 Å². The maximum absolute atomic E-state index is 14.3. The van der Waals surface area contributed by atoms with Crippen molar-refractivity contribution >= 4 is 28.7 Å². The van der Waals surface area contributed by atoms with Crippen molar-refractivity contribution in [2.75, 3.05) is 19.8 Å². The van der Waals surface area contributed by atoms with Gasteiger partial charge in [0.2, 0.25) is 0 Å². The SMILES string of the molecule is CCOCCCNC(=O)c1ccc(CSc2nc3ccncc3n2Cc2ccccc2F)cc1. The van der Waals surface area contributed by atoms with E-state index in [0.29, 0.717) is 43.2 Å². The lowest BCUT2D eigenvalue weighted by Gasteiger charge is -2.10. The second-order valence-electron chi connectivity index (χ2n) is 7.73. The highest BCUT2D eigenvalue weighted by atomic mass is 32.2. The predicted octanol–water partition coefficient (Wildman–Crippen LogP) is 5.07. The third-order valence-corrected chi connectivity index (χ3v) is 6.39. The largest absolute Gasteiger partial charge is 0.382 e. The number of carbonyl (C=O) groups is 1. The van der Waals surface area contributed by atoms with E-state index in [0.717, 1.165) is 28.2 Å². The van der Waals surface area contributed by atoms with Crippen LogP contribution in [0.15, 0.2) is 72.1 Å². The molecule has 0 atom stereocenters. The number of fused-ring (bicyclic) bond motifs is 1. The summed E-state index contributed by atoms with van der Waals surface area (Å²) >= 11 is 1.57. The molecule has 1 N–H and O–H groups in total. The minimum absolute atomic E-state index is 0.0881. The van der Waals surface area contributed by atoms with E-state index in [9.17, 15) is 9.18 Å². The number of nitrogens with zero attached hydrogens (tertiary/aromatic N) is 3. The number of amides is 1. The van der Waals surface area contributed by atoms with Crippen LogP contribution in [0, 0.1) is 5.82 Å².